The van der Waals surface area contributed by atoms with Gasteiger partial charge in [-0.1, -0.05) is 40.9 Å². The second-order valence-corrected chi connectivity index (χ2v) is 7.49. The minimum atomic E-state index is 0.268. The summed E-state index contributed by atoms with van der Waals surface area (Å²) < 4.78 is 11.5. The molecular formula is C20H24Cl3NO2. The maximum atomic E-state index is 6.13. The first-order valence-corrected chi connectivity index (χ1v) is 9.76. The lowest BCUT2D eigenvalue weighted by Crippen LogP contribution is -2.18. The van der Waals surface area contributed by atoms with Crippen LogP contribution in [0.4, 0.5) is 0 Å². The third kappa shape index (κ3) is 7.34. The van der Waals surface area contributed by atoms with Crippen LogP contribution in [0.1, 0.15) is 31.4 Å². The van der Waals surface area contributed by atoms with Gasteiger partial charge in [0.2, 0.25) is 0 Å². The van der Waals surface area contributed by atoms with Gasteiger partial charge in [-0.3, -0.25) is 0 Å². The summed E-state index contributed by atoms with van der Waals surface area (Å²) in [6.45, 7) is 6.78. The van der Waals surface area contributed by atoms with E-state index in [1.165, 1.54) is 0 Å². The van der Waals surface area contributed by atoms with Gasteiger partial charge in [0.05, 0.1) is 16.1 Å². The first-order chi connectivity index (χ1) is 12.5. The topological polar surface area (TPSA) is 30.5 Å². The number of ether oxygens (including phenoxy) is 2. The van der Waals surface area contributed by atoms with Gasteiger partial charge >= 0.3 is 0 Å². The molecule has 0 heterocycles. The van der Waals surface area contributed by atoms with Crippen LogP contribution in [-0.2, 0) is 17.9 Å². The minimum Gasteiger partial charge on any atom is -0.489 e. The first kappa shape index (κ1) is 21.3. The molecule has 0 spiro atoms. The normalized spacial score (nSPS) is 11.2. The molecule has 0 radical (unpaired) electrons. The largest absolute Gasteiger partial charge is 0.489 e. The summed E-state index contributed by atoms with van der Waals surface area (Å²) in [5.74, 6) is 0.798. The molecule has 6 heteroatoms. The highest BCUT2D eigenvalue weighted by Crippen LogP contribution is 2.26. The van der Waals surface area contributed by atoms with Crippen LogP contribution in [0.25, 0.3) is 0 Å². The van der Waals surface area contributed by atoms with Crippen LogP contribution in [0.5, 0.6) is 5.75 Å². The van der Waals surface area contributed by atoms with Crippen molar-refractivity contribution in [3.63, 3.8) is 0 Å². The summed E-state index contributed by atoms with van der Waals surface area (Å²) in [5, 5.41) is 5.15. The number of hydrogen-bond donors (Lipinski definition) is 1. The smallest absolute Gasteiger partial charge is 0.124 e. The Bertz CT molecular complexity index is 707. The van der Waals surface area contributed by atoms with Gasteiger partial charge in [-0.25, -0.2) is 0 Å². The van der Waals surface area contributed by atoms with E-state index in [1.54, 1.807) is 6.07 Å². The van der Waals surface area contributed by atoms with Crippen molar-refractivity contribution in [3.05, 3.63) is 62.6 Å². The zero-order chi connectivity index (χ0) is 18.9. The fraction of sp³-hybridized carbons (Fsp3) is 0.400. The zero-order valence-corrected chi connectivity index (χ0v) is 17.3. The molecule has 0 unspecified atom stereocenters. The van der Waals surface area contributed by atoms with Gasteiger partial charge in [-0.05, 0) is 62.7 Å². The number of rotatable bonds is 10. The Labute approximate surface area is 170 Å². The molecule has 0 fully saturated rings. The van der Waals surface area contributed by atoms with Crippen molar-refractivity contribution in [1.82, 2.24) is 5.32 Å². The maximum Gasteiger partial charge on any atom is 0.124 e. The molecule has 1 N–H and O–H groups in total. The Balaban J connectivity index is 1.88. The highest BCUT2D eigenvalue weighted by molar-refractivity contribution is 6.42. The average molecular weight is 417 g/mol. The number of nitrogens with one attached hydrogen (secondary N) is 1. The van der Waals surface area contributed by atoms with E-state index in [9.17, 15) is 0 Å². The summed E-state index contributed by atoms with van der Waals surface area (Å²) in [7, 11) is 0. The summed E-state index contributed by atoms with van der Waals surface area (Å²) in [6.07, 6.45) is 1.22. The molecule has 0 atom stereocenters. The van der Waals surface area contributed by atoms with E-state index in [2.05, 4.69) is 5.32 Å². The van der Waals surface area contributed by atoms with E-state index in [0.717, 1.165) is 36.4 Å². The van der Waals surface area contributed by atoms with Crippen LogP contribution < -0.4 is 10.1 Å². The summed E-state index contributed by atoms with van der Waals surface area (Å²) in [5.41, 5.74) is 1.97. The molecule has 0 saturated heterocycles. The number of benzene rings is 2. The molecule has 0 aromatic heterocycles. The predicted molar refractivity (Wildman–Crippen MR) is 110 cm³/mol. The van der Waals surface area contributed by atoms with Crippen molar-refractivity contribution in [2.24, 2.45) is 0 Å². The van der Waals surface area contributed by atoms with Crippen molar-refractivity contribution < 1.29 is 9.47 Å². The molecule has 26 heavy (non-hydrogen) atoms. The van der Waals surface area contributed by atoms with Gasteiger partial charge < -0.3 is 14.8 Å². The molecule has 2 aromatic rings. The standard InChI is InChI=1S/C20H24Cl3NO2/c1-14(2)25-9-3-8-24-12-16-11-17(21)5-7-20(16)26-13-15-4-6-18(22)19(23)10-15/h4-7,10-11,14,24H,3,8-9,12-13H2,1-2H3. The van der Waals surface area contributed by atoms with E-state index >= 15 is 0 Å². The van der Waals surface area contributed by atoms with Crippen LogP contribution in [-0.4, -0.2) is 19.3 Å². The molecule has 0 aliphatic rings. The molecule has 3 nitrogen and oxygen atoms in total. The molecule has 0 aliphatic heterocycles. The minimum absolute atomic E-state index is 0.268. The lowest BCUT2D eigenvalue weighted by Gasteiger charge is -2.13. The van der Waals surface area contributed by atoms with Gasteiger partial charge in [-0.15, -0.1) is 0 Å². The van der Waals surface area contributed by atoms with Crippen LogP contribution in [0.15, 0.2) is 36.4 Å². The van der Waals surface area contributed by atoms with Gasteiger partial charge in [-0.2, -0.15) is 0 Å². The Kier molecular flexibility index (Phi) is 9.03. The predicted octanol–water partition coefficient (Wildman–Crippen LogP) is 6.13. The highest BCUT2D eigenvalue weighted by atomic mass is 35.5. The molecule has 0 saturated carbocycles. The van der Waals surface area contributed by atoms with Crippen molar-refractivity contribution in [2.45, 2.75) is 39.5 Å². The summed E-state index contributed by atoms with van der Waals surface area (Å²) in [6, 6.07) is 11.1. The van der Waals surface area contributed by atoms with Gasteiger partial charge in [0, 0.05) is 23.7 Å². The Hall–Kier alpha value is -0.970. The van der Waals surface area contributed by atoms with E-state index in [4.69, 9.17) is 44.3 Å². The maximum absolute atomic E-state index is 6.13. The van der Waals surface area contributed by atoms with Crippen LogP contribution in [0.3, 0.4) is 0 Å². The lowest BCUT2D eigenvalue weighted by molar-refractivity contribution is 0.0770. The van der Waals surface area contributed by atoms with E-state index in [1.807, 2.05) is 44.2 Å². The number of halogens is 3. The van der Waals surface area contributed by atoms with E-state index in [0.29, 0.717) is 28.2 Å². The van der Waals surface area contributed by atoms with Crippen LogP contribution in [0.2, 0.25) is 15.1 Å². The summed E-state index contributed by atoms with van der Waals surface area (Å²) in [4.78, 5) is 0. The van der Waals surface area contributed by atoms with Crippen molar-refractivity contribution in [1.29, 1.82) is 0 Å². The molecule has 0 aliphatic carbocycles. The third-order valence-corrected chi connectivity index (χ3v) is 4.64. The van der Waals surface area contributed by atoms with Gasteiger partial charge in [0.25, 0.3) is 0 Å². The van der Waals surface area contributed by atoms with Crippen molar-refractivity contribution in [3.8, 4) is 5.75 Å². The Morgan fingerprint density at radius 3 is 2.54 bits per heavy atom. The molecule has 142 valence electrons. The fourth-order valence-electron chi connectivity index (χ4n) is 2.36. The quantitative estimate of drug-likeness (QED) is 0.472. The number of hydrogen-bond acceptors (Lipinski definition) is 3. The molecular weight excluding hydrogens is 393 g/mol. The van der Waals surface area contributed by atoms with Crippen LogP contribution in [0, 0.1) is 0 Å². The van der Waals surface area contributed by atoms with E-state index in [-0.39, 0.29) is 6.10 Å². The van der Waals surface area contributed by atoms with Crippen molar-refractivity contribution in [2.75, 3.05) is 13.2 Å². The Morgan fingerprint density at radius 1 is 1.00 bits per heavy atom. The molecule has 0 bridgehead atoms. The molecule has 2 rings (SSSR count). The van der Waals surface area contributed by atoms with Crippen molar-refractivity contribution >= 4 is 34.8 Å². The molecule has 0 amide bonds. The van der Waals surface area contributed by atoms with E-state index < -0.39 is 0 Å². The highest BCUT2D eigenvalue weighted by Gasteiger charge is 2.07. The zero-order valence-electron chi connectivity index (χ0n) is 15.0. The average Bonchev–Trinajstić information content (AvgIpc) is 2.60. The first-order valence-electron chi connectivity index (χ1n) is 8.63. The SMILES string of the molecule is CC(C)OCCCNCc1cc(Cl)ccc1OCc1ccc(Cl)c(Cl)c1. The van der Waals surface area contributed by atoms with Gasteiger partial charge in [0.1, 0.15) is 12.4 Å². The second kappa shape index (κ2) is 11.0. The van der Waals surface area contributed by atoms with Crippen LogP contribution >= 0.6 is 34.8 Å². The third-order valence-electron chi connectivity index (χ3n) is 3.67. The lowest BCUT2D eigenvalue weighted by atomic mass is 10.2. The second-order valence-electron chi connectivity index (χ2n) is 6.24. The summed E-state index contributed by atoms with van der Waals surface area (Å²) >= 11 is 18.1. The molecule has 2 aromatic carbocycles. The fourth-order valence-corrected chi connectivity index (χ4v) is 2.87. The van der Waals surface area contributed by atoms with Gasteiger partial charge in [0.15, 0.2) is 0 Å². The monoisotopic (exact) mass is 415 g/mol. The Morgan fingerprint density at radius 2 is 1.81 bits per heavy atom.